The number of hydrogen-bond acceptors (Lipinski definition) is 4. The fraction of sp³-hybridized carbons (Fsp3) is 0.231. The van der Waals surface area contributed by atoms with Gasteiger partial charge in [0, 0.05) is 0 Å². The molecule has 0 radical (unpaired) electrons. The van der Waals surface area contributed by atoms with E-state index in [9.17, 15) is 0 Å². The molecule has 0 aromatic heterocycles. The molecule has 4 nitrogen and oxygen atoms in total. The van der Waals surface area contributed by atoms with Crippen LogP contribution in [0.25, 0.3) is 5.57 Å². The molecule has 0 bridgehead atoms. The Balaban J connectivity index is 3.32. The molecule has 1 aromatic carbocycles. The van der Waals surface area contributed by atoms with E-state index < -0.39 is 0 Å². The highest BCUT2D eigenvalue weighted by molar-refractivity contribution is 5.75. The first kappa shape index (κ1) is 12.6. The molecule has 0 saturated carbocycles. The minimum absolute atomic E-state index is 0.0946. The van der Waals surface area contributed by atoms with Gasteiger partial charge in [0.2, 0.25) is 0 Å². The van der Waals surface area contributed by atoms with Crippen LogP contribution in [-0.4, -0.2) is 14.2 Å². The summed E-state index contributed by atoms with van der Waals surface area (Å²) >= 11 is 0. The summed E-state index contributed by atoms with van der Waals surface area (Å²) in [5, 5.41) is 17.6. The van der Waals surface area contributed by atoms with Crippen molar-refractivity contribution in [3.63, 3.8) is 0 Å². The number of nitrogens with zero attached hydrogens (tertiary/aromatic N) is 2. The normalized spacial score (nSPS) is 8.76. The van der Waals surface area contributed by atoms with E-state index in [1.165, 1.54) is 7.11 Å². The van der Waals surface area contributed by atoms with Gasteiger partial charge in [-0.3, -0.25) is 0 Å². The second-order valence-electron chi connectivity index (χ2n) is 3.29. The molecule has 0 spiro atoms. The predicted octanol–water partition coefficient (Wildman–Crippen LogP) is 2.52. The highest BCUT2D eigenvalue weighted by atomic mass is 16.5. The Kier molecular flexibility index (Phi) is 4.14. The Hall–Kier alpha value is -2.46. The number of benzene rings is 1. The maximum absolute atomic E-state index is 8.80. The fourth-order valence-electron chi connectivity index (χ4n) is 1.41. The van der Waals surface area contributed by atoms with E-state index in [1.54, 1.807) is 32.2 Å². The average Bonchev–Trinajstić information content (AvgIpc) is 2.39. The summed E-state index contributed by atoms with van der Waals surface area (Å²) in [6.07, 6.45) is 0. The van der Waals surface area contributed by atoms with Crippen molar-refractivity contribution in [3.8, 4) is 23.6 Å². The number of nitriles is 2. The molecule has 1 aromatic rings. The summed E-state index contributed by atoms with van der Waals surface area (Å²) in [6, 6.07) is 8.99. The van der Waals surface area contributed by atoms with E-state index in [0.717, 1.165) is 5.56 Å². The molecular weight excluding hydrogens is 216 g/mol. The molecule has 0 unspecified atom stereocenters. The smallest absolute Gasteiger partial charge is 0.161 e. The van der Waals surface area contributed by atoms with Crippen LogP contribution in [0.3, 0.4) is 0 Å². The van der Waals surface area contributed by atoms with Gasteiger partial charge >= 0.3 is 0 Å². The van der Waals surface area contributed by atoms with Crippen LogP contribution in [0.5, 0.6) is 11.5 Å². The number of hydrogen-bond donors (Lipinski definition) is 0. The van der Waals surface area contributed by atoms with Crippen molar-refractivity contribution >= 4 is 5.57 Å². The lowest BCUT2D eigenvalue weighted by molar-refractivity contribution is 0.355. The Morgan fingerprint density at radius 2 is 1.65 bits per heavy atom. The lowest BCUT2D eigenvalue weighted by atomic mass is 10.0. The van der Waals surface area contributed by atoms with Crippen LogP contribution in [0.1, 0.15) is 12.5 Å². The van der Waals surface area contributed by atoms with E-state index in [1.807, 2.05) is 12.1 Å². The van der Waals surface area contributed by atoms with Crippen molar-refractivity contribution in [3.05, 3.63) is 29.3 Å². The van der Waals surface area contributed by atoms with Crippen LogP contribution in [0.15, 0.2) is 23.8 Å². The SMILES string of the molecule is COc1ccc(C(C)=C(C#N)C#N)cc1OC. The maximum Gasteiger partial charge on any atom is 0.161 e. The van der Waals surface area contributed by atoms with E-state index >= 15 is 0 Å². The molecule has 0 atom stereocenters. The van der Waals surface area contributed by atoms with Gasteiger partial charge in [0.25, 0.3) is 0 Å². The summed E-state index contributed by atoms with van der Waals surface area (Å²) < 4.78 is 10.3. The molecule has 0 amide bonds. The van der Waals surface area contributed by atoms with Crippen LogP contribution in [-0.2, 0) is 0 Å². The quantitative estimate of drug-likeness (QED) is 0.745. The van der Waals surface area contributed by atoms with Gasteiger partial charge in [-0.25, -0.2) is 0 Å². The van der Waals surface area contributed by atoms with Gasteiger partial charge in [-0.2, -0.15) is 10.5 Å². The maximum atomic E-state index is 8.80. The predicted molar refractivity (Wildman–Crippen MR) is 63.4 cm³/mol. The topological polar surface area (TPSA) is 66.0 Å². The average molecular weight is 228 g/mol. The van der Waals surface area contributed by atoms with Crippen molar-refractivity contribution in [2.75, 3.05) is 14.2 Å². The number of allylic oxidation sites excluding steroid dienone is 2. The summed E-state index contributed by atoms with van der Waals surface area (Å²) in [7, 11) is 3.09. The van der Waals surface area contributed by atoms with Gasteiger partial charge in [0.1, 0.15) is 17.7 Å². The Bertz CT molecular complexity index is 517. The third kappa shape index (κ3) is 2.56. The Morgan fingerprint density at radius 3 is 2.12 bits per heavy atom. The first-order valence-corrected chi connectivity index (χ1v) is 4.91. The lowest BCUT2D eigenvalue weighted by Gasteiger charge is -2.09. The van der Waals surface area contributed by atoms with Crippen molar-refractivity contribution in [1.29, 1.82) is 10.5 Å². The molecule has 86 valence electrons. The van der Waals surface area contributed by atoms with Crippen LogP contribution < -0.4 is 9.47 Å². The molecule has 0 aliphatic carbocycles. The Morgan fingerprint density at radius 1 is 1.06 bits per heavy atom. The monoisotopic (exact) mass is 228 g/mol. The molecule has 0 fully saturated rings. The molecule has 17 heavy (non-hydrogen) atoms. The summed E-state index contributed by atoms with van der Waals surface area (Å²) in [4.78, 5) is 0. The largest absolute Gasteiger partial charge is 0.493 e. The molecular formula is C13H12N2O2. The van der Waals surface area contributed by atoms with E-state index in [2.05, 4.69) is 0 Å². The molecule has 0 heterocycles. The molecule has 4 heteroatoms. The summed E-state index contributed by atoms with van der Waals surface area (Å²) in [6.45, 7) is 1.73. The van der Waals surface area contributed by atoms with Crippen LogP contribution in [0, 0.1) is 22.7 Å². The van der Waals surface area contributed by atoms with Gasteiger partial charge in [0.15, 0.2) is 11.5 Å². The molecule has 0 aliphatic rings. The zero-order chi connectivity index (χ0) is 12.8. The van der Waals surface area contributed by atoms with Gasteiger partial charge in [-0.1, -0.05) is 6.07 Å². The van der Waals surface area contributed by atoms with Crippen molar-refractivity contribution in [2.24, 2.45) is 0 Å². The highest BCUT2D eigenvalue weighted by Crippen LogP contribution is 2.30. The molecule has 0 N–H and O–H groups in total. The minimum atomic E-state index is 0.0946. The van der Waals surface area contributed by atoms with Crippen LogP contribution in [0.4, 0.5) is 0 Å². The van der Waals surface area contributed by atoms with Gasteiger partial charge in [0.05, 0.1) is 14.2 Å². The van der Waals surface area contributed by atoms with Gasteiger partial charge in [-0.05, 0) is 30.2 Å². The van der Waals surface area contributed by atoms with Crippen molar-refractivity contribution in [2.45, 2.75) is 6.92 Å². The van der Waals surface area contributed by atoms with Gasteiger partial charge in [-0.15, -0.1) is 0 Å². The second-order valence-corrected chi connectivity index (χ2v) is 3.29. The zero-order valence-electron chi connectivity index (χ0n) is 9.94. The Labute approximate surface area is 100 Å². The van der Waals surface area contributed by atoms with Crippen LogP contribution in [0.2, 0.25) is 0 Å². The zero-order valence-corrected chi connectivity index (χ0v) is 9.94. The third-order valence-corrected chi connectivity index (χ3v) is 2.42. The number of ether oxygens (including phenoxy) is 2. The summed E-state index contributed by atoms with van der Waals surface area (Å²) in [5.41, 5.74) is 1.48. The number of methoxy groups -OCH3 is 2. The fourth-order valence-corrected chi connectivity index (χ4v) is 1.41. The first-order chi connectivity index (χ1) is 8.17. The van der Waals surface area contributed by atoms with Crippen molar-refractivity contribution in [1.82, 2.24) is 0 Å². The van der Waals surface area contributed by atoms with E-state index in [0.29, 0.717) is 17.1 Å². The number of rotatable bonds is 3. The first-order valence-electron chi connectivity index (χ1n) is 4.91. The molecule has 0 saturated heterocycles. The van der Waals surface area contributed by atoms with Gasteiger partial charge < -0.3 is 9.47 Å². The third-order valence-electron chi connectivity index (χ3n) is 2.42. The summed E-state index contributed by atoms with van der Waals surface area (Å²) in [5.74, 6) is 1.18. The van der Waals surface area contributed by atoms with E-state index in [4.69, 9.17) is 20.0 Å². The lowest BCUT2D eigenvalue weighted by Crippen LogP contribution is -1.92. The second kappa shape index (κ2) is 5.58. The minimum Gasteiger partial charge on any atom is -0.493 e. The van der Waals surface area contributed by atoms with Crippen LogP contribution >= 0.6 is 0 Å². The van der Waals surface area contributed by atoms with E-state index in [-0.39, 0.29) is 5.57 Å². The van der Waals surface area contributed by atoms with Crippen molar-refractivity contribution < 1.29 is 9.47 Å². The highest BCUT2D eigenvalue weighted by Gasteiger charge is 2.08. The standard InChI is InChI=1S/C13H12N2O2/c1-9(11(7-14)8-15)10-4-5-12(16-2)13(6-10)17-3/h4-6H,1-3H3. The molecule has 0 aliphatic heterocycles. The molecule has 1 rings (SSSR count).